The van der Waals surface area contributed by atoms with Crippen LogP contribution in [-0.4, -0.2) is 43.0 Å². The van der Waals surface area contributed by atoms with E-state index in [0.29, 0.717) is 35.5 Å². The summed E-state index contributed by atoms with van der Waals surface area (Å²) >= 11 is 0. The Balaban J connectivity index is 1.78. The molecule has 4 rings (SSSR count). The first-order valence-corrected chi connectivity index (χ1v) is 11.9. The fourth-order valence-electron chi connectivity index (χ4n) is 4.54. The number of nitrogens with zero attached hydrogens (tertiary/aromatic N) is 1. The fraction of sp³-hybridized carbons (Fsp3) is 0.250. The number of amides is 1. The first kappa shape index (κ1) is 24.8. The third kappa shape index (κ3) is 5.02. The zero-order valence-corrected chi connectivity index (χ0v) is 20.4. The number of carbonyl (C=O) groups is 2. The number of hydrogen-bond donors (Lipinski definition) is 4. The molecule has 0 saturated carbocycles. The number of hydrogen-bond acceptors (Lipinski definition) is 5. The van der Waals surface area contributed by atoms with Gasteiger partial charge in [0.25, 0.3) is 5.91 Å². The Kier molecular flexibility index (Phi) is 7.24. The molecule has 0 fully saturated rings. The number of carbonyl (C=O) groups excluding carboxylic acids is 1. The number of carboxylic acids is 1. The standard InChI is InChI=1S/C28H30N4O4/c1-3-11-31-27(33)19-4-7-22(23-8-6-21(36-2)15-24(23)28(34)35)20(14-19)16-32-12-10-17-13-18(26(29)30)5-9-25(17)32/h4-9,13-15H,3,10-12,16H2,1-2H3,(H3,29,30)(H,31,33)(H,34,35). The maximum absolute atomic E-state index is 12.7. The second-order valence-electron chi connectivity index (χ2n) is 8.77. The van der Waals surface area contributed by atoms with Crippen LogP contribution in [0, 0.1) is 5.41 Å². The van der Waals surface area contributed by atoms with Crippen LogP contribution in [0.15, 0.2) is 54.6 Å². The van der Waals surface area contributed by atoms with Crippen LogP contribution in [0.5, 0.6) is 5.75 Å². The van der Waals surface area contributed by atoms with Gasteiger partial charge in [-0.15, -0.1) is 0 Å². The quantitative estimate of drug-likeness (QED) is 0.267. The molecule has 0 bridgehead atoms. The van der Waals surface area contributed by atoms with Crippen LogP contribution in [0.25, 0.3) is 11.1 Å². The largest absolute Gasteiger partial charge is 0.497 e. The van der Waals surface area contributed by atoms with E-state index < -0.39 is 5.97 Å². The zero-order valence-electron chi connectivity index (χ0n) is 20.4. The predicted molar refractivity (Wildman–Crippen MR) is 140 cm³/mol. The SMILES string of the molecule is CCCNC(=O)c1ccc(-c2ccc(OC)cc2C(=O)O)c(CN2CCc3cc(C(=N)N)ccc32)c1. The Labute approximate surface area is 210 Å². The van der Waals surface area contributed by atoms with Crippen LogP contribution in [-0.2, 0) is 13.0 Å². The Bertz CT molecular complexity index is 1340. The minimum absolute atomic E-state index is 0.0324. The van der Waals surface area contributed by atoms with E-state index in [1.807, 2.05) is 37.3 Å². The molecule has 1 aliphatic heterocycles. The lowest BCUT2D eigenvalue weighted by Crippen LogP contribution is -2.25. The molecule has 8 nitrogen and oxygen atoms in total. The summed E-state index contributed by atoms with van der Waals surface area (Å²) in [5, 5.41) is 20.5. The Morgan fingerprint density at radius 2 is 1.83 bits per heavy atom. The molecule has 1 amide bonds. The number of methoxy groups -OCH3 is 1. The summed E-state index contributed by atoms with van der Waals surface area (Å²) in [6.07, 6.45) is 1.64. The monoisotopic (exact) mass is 486 g/mol. The minimum Gasteiger partial charge on any atom is -0.497 e. The molecule has 3 aromatic rings. The van der Waals surface area contributed by atoms with Crippen LogP contribution in [0.4, 0.5) is 5.69 Å². The average Bonchev–Trinajstić information content (AvgIpc) is 3.28. The summed E-state index contributed by atoms with van der Waals surface area (Å²) in [5.41, 5.74) is 11.3. The number of nitrogens with one attached hydrogen (secondary N) is 2. The van der Waals surface area contributed by atoms with Gasteiger partial charge in [-0.05, 0) is 83.6 Å². The summed E-state index contributed by atoms with van der Waals surface area (Å²) in [5.74, 6) is -0.721. The van der Waals surface area contributed by atoms with Gasteiger partial charge in [-0.2, -0.15) is 0 Å². The van der Waals surface area contributed by atoms with Crippen LogP contribution < -0.4 is 20.7 Å². The van der Waals surface area contributed by atoms with Gasteiger partial charge < -0.3 is 25.8 Å². The molecule has 186 valence electrons. The van der Waals surface area contributed by atoms with E-state index >= 15 is 0 Å². The van der Waals surface area contributed by atoms with Crippen molar-refractivity contribution in [1.29, 1.82) is 5.41 Å². The summed E-state index contributed by atoms with van der Waals surface area (Å²) in [4.78, 5) is 27.0. The molecule has 3 aromatic carbocycles. The average molecular weight is 487 g/mol. The van der Waals surface area contributed by atoms with E-state index in [9.17, 15) is 14.7 Å². The van der Waals surface area contributed by atoms with Gasteiger partial charge in [0.05, 0.1) is 12.7 Å². The lowest BCUT2D eigenvalue weighted by atomic mass is 9.93. The van der Waals surface area contributed by atoms with Crippen molar-refractivity contribution < 1.29 is 19.4 Å². The molecule has 0 radical (unpaired) electrons. The van der Waals surface area contributed by atoms with Crippen molar-refractivity contribution in [2.75, 3.05) is 25.1 Å². The van der Waals surface area contributed by atoms with Gasteiger partial charge in [0, 0.05) is 36.4 Å². The van der Waals surface area contributed by atoms with Gasteiger partial charge in [0.2, 0.25) is 0 Å². The van der Waals surface area contributed by atoms with Gasteiger partial charge in [-0.3, -0.25) is 10.2 Å². The molecule has 36 heavy (non-hydrogen) atoms. The number of aromatic carboxylic acids is 1. The highest BCUT2D eigenvalue weighted by atomic mass is 16.5. The van der Waals surface area contributed by atoms with Crippen LogP contribution >= 0.6 is 0 Å². The Morgan fingerprint density at radius 3 is 2.53 bits per heavy atom. The van der Waals surface area contributed by atoms with Gasteiger partial charge in [-0.1, -0.05) is 13.0 Å². The molecule has 0 atom stereocenters. The summed E-state index contributed by atoms with van der Waals surface area (Å²) in [7, 11) is 1.50. The van der Waals surface area contributed by atoms with Crippen LogP contribution in [0.2, 0.25) is 0 Å². The van der Waals surface area contributed by atoms with Crippen molar-refractivity contribution in [3.05, 3.63) is 82.4 Å². The Hall–Kier alpha value is -4.33. The topological polar surface area (TPSA) is 129 Å². The predicted octanol–water partition coefficient (Wildman–Crippen LogP) is 4.05. The molecular formula is C28H30N4O4. The molecule has 0 unspecified atom stereocenters. The first-order chi connectivity index (χ1) is 17.3. The van der Waals surface area contributed by atoms with Gasteiger partial charge in [0.1, 0.15) is 11.6 Å². The first-order valence-electron chi connectivity index (χ1n) is 11.9. The number of benzene rings is 3. The van der Waals surface area contributed by atoms with Crippen LogP contribution in [0.3, 0.4) is 0 Å². The molecule has 8 heteroatoms. The highest BCUT2D eigenvalue weighted by Gasteiger charge is 2.23. The van der Waals surface area contributed by atoms with Gasteiger partial charge in [0.15, 0.2) is 0 Å². The Morgan fingerprint density at radius 1 is 1.08 bits per heavy atom. The molecule has 1 aliphatic rings. The number of nitrogen functional groups attached to an aromatic ring is 1. The lowest BCUT2D eigenvalue weighted by Gasteiger charge is -2.23. The molecule has 1 heterocycles. The van der Waals surface area contributed by atoms with Crippen molar-refractivity contribution in [1.82, 2.24) is 5.32 Å². The number of anilines is 1. The minimum atomic E-state index is -1.05. The summed E-state index contributed by atoms with van der Waals surface area (Å²) < 4.78 is 5.24. The van der Waals surface area contributed by atoms with Crippen molar-refractivity contribution in [3.8, 4) is 16.9 Å². The van der Waals surface area contributed by atoms with E-state index in [1.165, 1.54) is 13.2 Å². The maximum atomic E-state index is 12.7. The number of carboxylic acid groups (broad SMARTS) is 1. The number of rotatable bonds is 9. The van der Waals surface area contributed by atoms with Crippen molar-refractivity contribution >= 4 is 23.4 Å². The fourth-order valence-corrected chi connectivity index (χ4v) is 4.54. The second kappa shape index (κ2) is 10.5. The third-order valence-electron chi connectivity index (χ3n) is 6.39. The highest BCUT2D eigenvalue weighted by Crippen LogP contribution is 2.35. The van der Waals surface area contributed by atoms with Gasteiger partial charge >= 0.3 is 5.97 Å². The molecule has 0 aromatic heterocycles. The van der Waals surface area contributed by atoms with Crippen molar-refractivity contribution in [2.45, 2.75) is 26.3 Å². The molecule has 0 spiro atoms. The summed E-state index contributed by atoms with van der Waals surface area (Å²) in [6.45, 7) is 3.82. The number of fused-ring (bicyclic) bond motifs is 1. The summed E-state index contributed by atoms with van der Waals surface area (Å²) in [6, 6.07) is 16.1. The number of amidine groups is 1. The van der Waals surface area contributed by atoms with Crippen molar-refractivity contribution in [2.24, 2.45) is 5.73 Å². The van der Waals surface area contributed by atoms with Crippen LogP contribution in [0.1, 0.15) is 50.8 Å². The highest BCUT2D eigenvalue weighted by molar-refractivity contribution is 5.99. The zero-order chi connectivity index (χ0) is 25.8. The molecule has 5 N–H and O–H groups in total. The molecule has 0 aliphatic carbocycles. The number of ether oxygens (including phenoxy) is 1. The normalized spacial score (nSPS) is 12.2. The lowest BCUT2D eigenvalue weighted by molar-refractivity contribution is 0.0697. The second-order valence-corrected chi connectivity index (χ2v) is 8.77. The van der Waals surface area contributed by atoms with E-state index in [1.54, 1.807) is 18.2 Å². The molecule has 0 saturated heterocycles. The van der Waals surface area contributed by atoms with E-state index in [2.05, 4.69) is 10.2 Å². The maximum Gasteiger partial charge on any atom is 0.336 e. The number of nitrogens with two attached hydrogens (primary N) is 1. The van der Waals surface area contributed by atoms with E-state index in [0.717, 1.165) is 41.8 Å². The van der Waals surface area contributed by atoms with E-state index in [4.69, 9.17) is 15.9 Å². The van der Waals surface area contributed by atoms with Gasteiger partial charge in [-0.25, -0.2) is 4.79 Å². The van der Waals surface area contributed by atoms with Crippen molar-refractivity contribution in [3.63, 3.8) is 0 Å². The molecular weight excluding hydrogens is 456 g/mol. The smallest absolute Gasteiger partial charge is 0.336 e. The third-order valence-corrected chi connectivity index (χ3v) is 6.39. The van der Waals surface area contributed by atoms with E-state index in [-0.39, 0.29) is 17.3 Å².